The predicted octanol–water partition coefficient (Wildman–Crippen LogP) is 1.89. The van der Waals surface area contributed by atoms with E-state index in [-0.39, 0.29) is 5.41 Å². The van der Waals surface area contributed by atoms with E-state index in [0.29, 0.717) is 0 Å². The minimum absolute atomic E-state index is 0.253. The molecule has 2 nitrogen and oxygen atoms in total. The maximum absolute atomic E-state index is 4.20. The van der Waals surface area contributed by atoms with E-state index in [1.807, 2.05) is 25.5 Å². The van der Waals surface area contributed by atoms with Crippen molar-refractivity contribution in [2.45, 2.75) is 18.3 Å². The molecule has 0 amide bonds. The van der Waals surface area contributed by atoms with Gasteiger partial charge in [-0.05, 0) is 31.5 Å². The monoisotopic (exact) mass is 188 g/mol. The smallest absolute Gasteiger partial charge is 0.0306 e. The van der Waals surface area contributed by atoms with E-state index >= 15 is 0 Å². The van der Waals surface area contributed by atoms with Crippen molar-refractivity contribution < 1.29 is 0 Å². The zero-order chi connectivity index (χ0) is 9.86. The lowest BCUT2D eigenvalue weighted by molar-refractivity contribution is 0.435. The Balaban J connectivity index is 2.28. The molecule has 0 unspecified atom stereocenters. The Bertz CT molecular complexity index is 308. The third-order valence-electron chi connectivity index (χ3n) is 2.97. The highest BCUT2D eigenvalue weighted by Crippen LogP contribution is 2.35. The fraction of sp³-hybridized carbons (Fsp3) is 0.417. The maximum atomic E-state index is 4.20. The second-order valence-corrected chi connectivity index (χ2v) is 3.93. The summed E-state index contributed by atoms with van der Waals surface area (Å²) in [7, 11) is 2.01. The van der Waals surface area contributed by atoms with Crippen molar-refractivity contribution in [2.24, 2.45) is 0 Å². The highest BCUT2D eigenvalue weighted by Gasteiger charge is 2.32. The van der Waals surface area contributed by atoms with Crippen LogP contribution in [-0.4, -0.2) is 18.6 Å². The van der Waals surface area contributed by atoms with Crippen molar-refractivity contribution in [1.29, 1.82) is 0 Å². The van der Waals surface area contributed by atoms with Crippen LogP contribution in [0.3, 0.4) is 0 Å². The van der Waals surface area contributed by atoms with E-state index in [1.54, 1.807) is 0 Å². The highest BCUT2D eigenvalue weighted by atomic mass is 14.8. The van der Waals surface area contributed by atoms with E-state index in [2.05, 4.69) is 28.5 Å². The van der Waals surface area contributed by atoms with Crippen molar-refractivity contribution in [1.82, 2.24) is 10.3 Å². The number of pyridine rings is 1. The molecule has 0 radical (unpaired) electrons. The maximum Gasteiger partial charge on any atom is 0.0306 e. The Labute approximate surface area is 85.1 Å². The van der Waals surface area contributed by atoms with Gasteiger partial charge in [-0.25, -0.2) is 0 Å². The van der Waals surface area contributed by atoms with E-state index in [0.717, 1.165) is 19.4 Å². The summed E-state index contributed by atoms with van der Waals surface area (Å²) in [5.74, 6) is 0. The molecule has 1 N–H and O–H groups in total. The molecule has 0 fully saturated rings. The minimum Gasteiger partial charge on any atom is -0.319 e. The Morgan fingerprint density at radius 2 is 2.21 bits per heavy atom. The summed E-state index contributed by atoms with van der Waals surface area (Å²) in [6, 6.07) is 4.20. The van der Waals surface area contributed by atoms with Gasteiger partial charge in [0.05, 0.1) is 0 Å². The molecule has 0 spiro atoms. The van der Waals surface area contributed by atoms with Crippen LogP contribution in [0.1, 0.15) is 18.4 Å². The lowest BCUT2D eigenvalue weighted by atomic mass is 9.79. The van der Waals surface area contributed by atoms with Crippen molar-refractivity contribution in [3.8, 4) is 0 Å². The van der Waals surface area contributed by atoms with Crippen molar-refractivity contribution >= 4 is 0 Å². The first-order valence-corrected chi connectivity index (χ1v) is 5.07. The molecule has 0 atom stereocenters. The fourth-order valence-electron chi connectivity index (χ4n) is 2.20. The van der Waals surface area contributed by atoms with Crippen molar-refractivity contribution in [3.63, 3.8) is 0 Å². The molecular formula is C12H16N2. The second-order valence-electron chi connectivity index (χ2n) is 3.93. The van der Waals surface area contributed by atoms with Crippen molar-refractivity contribution in [2.75, 3.05) is 13.6 Å². The molecule has 14 heavy (non-hydrogen) atoms. The number of allylic oxidation sites excluding steroid dienone is 2. The number of hydrogen-bond acceptors (Lipinski definition) is 2. The molecule has 0 saturated heterocycles. The van der Waals surface area contributed by atoms with Crippen LogP contribution >= 0.6 is 0 Å². The van der Waals surface area contributed by atoms with E-state index in [1.165, 1.54) is 5.56 Å². The van der Waals surface area contributed by atoms with Gasteiger partial charge >= 0.3 is 0 Å². The summed E-state index contributed by atoms with van der Waals surface area (Å²) >= 11 is 0. The summed E-state index contributed by atoms with van der Waals surface area (Å²) in [5.41, 5.74) is 1.60. The minimum atomic E-state index is 0.253. The van der Waals surface area contributed by atoms with Gasteiger partial charge in [-0.3, -0.25) is 4.98 Å². The van der Waals surface area contributed by atoms with Gasteiger partial charge in [0.15, 0.2) is 0 Å². The molecule has 1 aliphatic carbocycles. The Morgan fingerprint density at radius 1 is 1.43 bits per heavy atom. The molecule has 0 bridgehead atoms. The number of nitrogens with one attached hydrogen (secondary N) is 1. The molecule has 1 heterocycles. The summed E-state index contributed by atoms with van der Waals surface area (Å²) in [6.07, 6.45) is 10.6. The zero-order valence-electron chi connectivity index (χ0n) is 8.53. The van der Waals surface area contributed by atoms with Gasteiger partial charge in [0, 0.05) is 24.4 Å². The van der Waals surface area contributed by atoms with Gasteiger partial charge in [0.2, 0.25) is 0 Å². The first-order chi connectivity index (χ1) is 6.87. The molecule has 0 aromatic carbocycles. The molecule has 1 aromatic heterocycles. The third-order valence-corrected chi connectivity index (χ3v) is 2.97. The van der Waals surface area contributed by atoms with Crippen LogP contribution in [0, 0.1) is 0 Å². The van der Waals surface area contributed by atoms with Gasteiger partial charge in [-0.15, -0.1) is 0 Å². The number of nitrogens with zero attached hydrogens (tertiary/aromatic N) is 1. The SMILES string of the molecule is CNCC1(c2cccnc2)CC=CC1. The Kier molecular flexibility index (Phi) is 2.64. The van der Waals surface area contributed by atoms with E-state index < -0.39 is 0 Å². The van der Waals surface area contributed by atoms with Gasteiger partial charge in [0.25, 0.3) is 0 Å². The molecule has 0 saturated carbocycles. The number of hydrogen-bond donors (Lipinski definition) is 1. The van der Waals surface area contributed by atoms with E-state index in [4.69, 9.17) is 0 Å². The third kappa shape index (κ3) is 1.58. The van der Waals surface area contributed by atoms with Gasteiger partial charge in [0.1, 0.15) is 0 Å². The van der Waals surface area contributed by atoms with Gasteiger partial charge in [-0.1, -0.05) is 18.2 Å². The van der Waals surface area contributed by atoms with Gasteiger partial charge in [-0.2, -0.15) is 0 Å². The first kappa shape index (κ1) is 9.41. The van der Waals surface area contributed by atoms with Crippen LogP contribution in [-0.2, 0) is 5.41 Å². The topological polar surface area (TPSA) is 24.9 Å². The summed E-state index contributed by atoms with van der Waals surface area (Å²) in [4.78, 5) is 4.20. The van der Waals surface area contributed by atoms with Crippen LogP contribution in [0.25, 0.3) is 0 Å². The lowest BCUT2D eigenvalue weighted by Gasteiger charge is -2.28. The van der Waals surface area contributed by atoms with Crippen molar-refractivity contribution in [3.05, 3.63) is 42.2 Å². The number of likely N-dealkylation sites (N-methyl/N-ethyl adjacent to an activating group) is 1. The molecule has 1 aliphatic rings. The fourth-order valence-corrected chi connectivity index (χ4v) is 2.20. The quantitative estimate of drug-likeness (QED) is 0.733. The summed E-state index contributed by atoms with van der Waals surface area (Å²) in [6.45, 7) is 1.02. The molecular weight excluding hydrogens is 172 g/mol. The highest BCUT2D eigenvalue weighted by molar-refractivity contribution is 5.28. The van der Waals surface area contributed by atoms with Crippen LogP contribution in [0.2, 0.25) is 0 Å². The number of aromatic nitrogens is 1. The lowest BCUT2D eigenvalue weighted by Crippen LogP contribution is -2.34. The average Bonchev–Trinajstić information content (AvgIpc) is 2.70. The van der Waals surface area contributed by atoms with E-state index in [9.17, 15) is 0 Å². The molecule has 2 heteroatoms. The molecule has 0 aliphatic heterocycles. The molecule has 2 rings (SSSR count). The second kappa shape index (κ2) is 3.93. The standard InChI is InChI=1S/C12H16N2/c1-13-10-12(6-2-3-7-12)11-5-4-8-14-9-11/h2-5,8-9,13H,6-7,10H2,1H3. The van der Waals surface area contributed by atoms with Gasteiger partial charge < -0.3 is 5.32 Å². The normalized spacial score (nSPS) is 18.6. The zero-order valence-corrected chi connectivity index (χ0v) is 8.53. The van der Waals surface area contributed by atoms with Crippen LogP contribution < -0.4 is 5.32 Å². The molecule has 1 aromatic rings. The Hall–Kier alpha value is -1.15. The summed E-state index contributed by atoms with van der Waals surface area (Å²) in [5, 5.41) is 3.28. The average molecular weight is 188 g/mol. The molecule has 74 valence electrons. The Morgan fingerprint density at radius 3 is 2.79 bits per heavy atom. The first-order valence-electron chi connectivity index (χ1n) is 5.07. The number of rotatable bonds is 3. The van der Waals surface area contributed by atoms with Crippen LogP contribution in [0.15, 0.2) is 36.7 Å². The van der Waals surface area contributed by atoms with Crippen LogP contribution in [0.5, 0.6) is 0 Å². The largest absolute Gasteiger partial charge is 0.319 e. The predicted molar refractivity (Wildman–Crippen MR) is 58.2 cm³/mol. The summed E-state index contributed by atoms with van der Waals surface area (Å²) < 4.78 is 0. The van der Waals surface area contributed by atoms with Crippen LogP contribution in [0.4, 0.5) is 0 Å².